The van der Waals surface area contributed by atoms with Crippen LogP contribution >= 0.6 is 11.8 Å². The van der Waals surface area contributed by atoms with Crippen LogP contribution in [0.1, 0.15) is 24.5 Å². The lowest BCUT2D eigenvalue weighted by Crippen LogP contribution is -2.34. The Morgan fingerprint density at radius 1 is 0.917 bits per heavy atom. The minimum absolute atomic E-state index is 0.0415. The standard InChI is InChI=1S/C29H25N3O3S/c1-2-25(36-29-30-26(23-13-7-17-34-23)27(31-29)24-14-8-18-35-24)28(33)32-21-11-5-3-9-19(21)15-16-20-10-4-6-12-22(20)32/h3-14,17-18,25H,2,15-16H2,1H3,(H,30,31). The summed E-state index contributed by atoms with van der Waals surface area (Å²) in [5.41, 5.74) is 5.66. The fourth-order valence-electron chi connectivity index (χ4n) is 4.70. The van der Waals surface area contributed by atoms with Crippen molar-refractivity contribution in [2.75, 3.05) is 4.90 Å². The van der Waals surface area contributed by atoms with Gasteiger partial charge in [-0.15, -0.1) is 0 Å². The first-order chi connectivity index (χ1) is 17.7. The quantitative estimate of drug-likeness (QED) is 0.251. The van der Waals surface area contributed by atoms with Crippen LogP contribution in [0.25, 0.3) is 22.9 Å². The Balaban J connectivity index is 1.38. The van der Waals surface area contributed by atoms with Gasteiger partial charge in [0, 0.05) is 0 Å². The third-order valence-corrected chi connectivity index (χ3v) is 7.69. The molecule has 0 fully saturated rings. The molecular weight excluding hydrogens is 470 g/mol. The number of anilines is 2. The monoisotopic (exact) mass is 495 g/mol. The normalized spacial score (nSPS) is 13.6. The first-order valence-corrected chi connectivity index (χ1v) is 12.9. The van der Waals surface area contributed by atoms with Gasteiger partial charge in [0.25, 0.3) is 0 Å². The van der Waals surface area contributed by atoms with Crippen LogP contribution in [-0.4, -0.2) is 21.1 Å². The molecule has 0 saturated carbocycles. The minimum Gasteiger partial charge on any atom is -0.463 e. The lowest BCUT2D eigenvalue weighted by molar-refractivity contribution is -0.117. The number of aryl methyl sites for hydroxylation is 2. The molecular formula is C29H25N3O3S. The molecule has 5 aromatic rings. The Morgan fingerprint density at radius 3 is 2.11 bits per heavy atom. The largest absolute Gasteiger partial charge is 0.463 e. The molecule has 6 nitrogen and oxygen atoms in total. The molecule has 0 spiro atoms. The first kappa shape index (κ1) is 22.5. The summed E-state index contributed by atoms with van der Waals surface area (Å²) in [7, 11) is 0. The molecule has 1 aliphatic rings. The second-order valence-corrected chi connectivity index (χ2v) is 9.86. The second-order valence-electron chi connectivity index (χ2n) is 8.67. The van der Waals surface area contributed by atoms with Crippen molar-refractivity contribution in [2.24, 2.45) is 0 Å². The maximum atomic E-state index is 14.2. The highest BCUT2D eigenvalue weighted by atomic mass is 32.2. The molecule has 1 atom stereocenters. The number of amides is 1. The highest BCUT2D eigenvalue weighted by Gasteiger charge is 2.32. The van der Waals surface area contributed by atoms with E-state index in [1.165, 1.54) is 22.9 Å². The number of rotatable bonds is 6. The van der Waals surface area contributed by atoms with Gasteiger partial charge < -0.3 is 13.8 Å². The Hall–Kier alpha value is -3.97. The topological polar surface area (TPSA) is 75.3 Å². The zero-order chi connectivity index (χ0) is 24.5. The van der Waals surface area contributed by atoms with Gasteiger partial charge in [0.05, 0.1) is 29.2 Å². The molecule has 6 rings (SSSR count). The number of hydrogen-bond donors (Lipinski definition) is 1. The molecule has 180 valence electrons. The maximum absolute atomic E-state index is 14.2. The first-order valence-electron chi connectivity index (χ1n) is 12.1. The van der Waals surface area contributed by atoms with Crippen LogP contribution in [0.4, 0.5) is 11.4 Å². The Bertz CT molecular complexity index is 1390. The molecule has 36 heavy (non-hydrogen) atoms. The van der Waals surface area contributed by atoms with Gasteiger partial charge in [-0.05, 0) is 66.8 Å². The molecule has 1 N–H and O–H groups in total. The fourth-order valence-corrected chi connectivity index (χ4v) is 5.65. The Kier molecular flexibility index (Phi) is 5.99. The highest BCUT2D eigenvalue weighted by molar-refractivity contribution is 8.00. The number of carbonyl (C=O) groups is 1. The van der Waals surface area contributed by atoms with Gasteiger partial charge in [-0.3, -0.25) is 9.69 Å². The summed E-state index contributed by atoms with van der Waals surface area (Å²) in [4.78, 5) is 24.3. The smallest absolute Gasteiger partial charge is 0.245 e. The molecule has 7 heteroatoms. The number of H-pyrrole nitrogens is 1. The number of hydrogen-bond acceptors (Lipinski definition) is 5. The number of para-hydroxylation sites is 2. The maximum Gasteiger partial charge on any atom is 0.245 e. The van der Waals surface area contributed by atoms with Gasteiger partial charge in [0.1, 0.15) is 11.4 Å². The summed E-state index contributed by atoms with van der Waals surface area (Å²) in [5.74, 6) is 1.34. The van der Waals surface area contributed by atoms with Crippen molar-refractivity contribution in [3.8, 4) is 22.9 Å². The molecule has 0 aliphatic carbocycles. The van der Waals surface area contributed by atoms with Gasteiger partial charge in [0.2, 0.25) is 5.91 Å². The number of imidazole rings is 1. The molecule has 0 saturated heterocycles. The minimum atomic E-state index is -0.343. The van der Waals surface area contributed by atoms with E-state index < -0.39 is 0 Å². The number of benzene rings is 2. The van der Waals surface area contributed by atoms with Crippen molar-refractivity contribution in [3.05, 3.63) is 96.4 Å². The molecule has 0 radical (unpaired) electrons. The number of carbonyl (C=O) groups excluding carboxylic acids is 1. The SMILES string of the molecule is CCC(Sc1nc(-c2ccco2)c(-c2ccco2)[nH]1)C(=O)N1c2ccccc2CCc2ccccc21. The number of aromatic amines is 1. The number of aromatic nitrogens is 2. The Morgan fingerprint density at radius 2 is 1.53 bits per heavy atom. The van der Waals surface area contributed by atoms with Gasteiger partial charge in [-0.1, -0.05) is 55.1 Å². The number of furan rings is 2. The summed E-state index contributed by atoms with van der Waals surface area (Å²) < 4.78 is 11.3. The van der Waals surface area contributed by atoms with E-state index in [4.69, 9.17) is 13.8 Å². The molecule has 2 aromatic carbocycles. The summed E-state index contributed by atoms with van der Waals surface area (Å²) in [5, 5.41) is 0.300. The molecule has 1 aliphatic heterocycles. The second kappa shape index (κ2) is 9.59. The van der Waals surface area contributed by atoms with Gasteiger partial charge in [-0.25, -0.2) is 4.98 Å². The predicted octanol–water partition coefficient (Wildman–Crippen LogP) is 7.26. The van der Waals surface area contributed by atoms with Gasteiger partial charge in [0.15, 0.2) is 16.7 Å². The van der Waals surface area contributed by atoms with Crippen LogP contribution in [0.15, 0.2) is 99.3 Å². The van der Waals surface area contributed by atoms with Crippen LogP contribution in [0, 0.1) is 0 Å². The summed E-state index contributed by atoms with van der Waals surface area (Å²) in [6, 6.07) is 23.8. The van der Waals surface area contributed by atoms with Crippen molar-refractivity contribution in [3.63, 3.8) is 0 Å². The van der Waals surface area contributed by atoms with Crippen LogP contribution < -0.4 is 4.90 Å². The summed E-state index contributed by atoms with van der Waals surface area (Å²) >= 11 is 1.43. The predicted molar refractivity (Wildman–Crippen MR) is 141 cm³/mol. The molecule has 1 unspecified atom stereocenters. The van der Waals surface area contributed by atoms with Crippen molar-refractivity contribution in [1.82, 2.24) is 9.97 Å². The lowest BCUT2D eigenvalue weighted by atomic mass is 10.0. The van der Waals surface area contributed by atoms with E-state index in [2.05, 4.69) is 17.1 Å². The number of thioether (sulfide) groups is 1. The van der Waals surface area contributed by atoms with Crippen LogP contribution in [0.3, 0.4) is 0 Å². The van der Waals surface area contributed by atoms with Crippen molar-refractivity contribution < 1.29 is 13.6 Å². The Labute approximate surface area is 213 Å². The number of nitrogens with one attached hydrogen (secondary N) is 1. The van der Waals surface area contributed by atoms with Gasteiger partial charge >= 0.3 is 0 Å². The van der Waals surface area contributed by atoms with E-state index in [1.807, 2.05) is 72.5 Å². The third-order valence-electron chi connectivity index (χ3n) is 6.45. The van der Waals surface area contributed by atoms with E-state index in [-0.39, 0.29) is 11.2 Å². The molecule has 1 amide bonds. The molecule has 3 aromatic heterocycles. The van der Waals surface area contributed by atoms with Gasteiger partial charge in [-0.2, -0.15) is 0 Å². The fraction of sp³-hybridized carbons (Fsp3) is 0.172. The van der Waals surface area contributed by atoms with Crippen LogP contribution in [0.5, 0.6) is 0 Å². The third kappa shape index (κ3) is 4.05. The van der Waals surface area contributed by atoms with Crippen molar-refractivity contribution >= 4 is 29.0 Å². The van der Waals surface area contributed by atoms with E-state index >= 15 is 0 Å². The van der Waals surface area contributed by atoms with Crippen molar-refractivity contribution in [2.45, 2.75) is 36.6 Å². The highest BCUT2D eigenvalue weighted by Crippen LogP contribution is 2.40. The van der Waals surface area contributed by atoms with E-state index in [1.54, 1.807) is 12.5 Å². The average molecular weight is 496 g/mol. The van der Waals surface area contributed by atoms with E-state index in [0.717, 1.165) is 29.9 Å². The summed E-state index contributed by atoms with van der Waals surface area (Å²) in [6.07, 6.45) is 5.70. The van der Waals surface area contributed by atoms with Crippen LogP contribution in [0.2, 0.25) is 0 Å². The zero-order valence-electron chi connectivity index (χ0n) is 19.8. The summed E-state index contributed by atoms with van der Waals surface area (Å²) in [6.45, 7) is 2.04. The average Bonchev–Trinajstić information content (AvgIpc) is 3.67. The van der Waals surface area contributed by atoms with E-state index in [0.29, 0.717) is 28.8 Å². The number of fused-ring (bicyclic) bond motifs is 2. The molecule has 4 heterocycles. The van der Waals surface area contributed by atoms with Crippen LogP contribution in [-0.2, 0) is 17.6 Å². The number of nitrogens with zero attached hydrogens (tertiary/aromatic N) is 2. The van der Waals surface area contributed by atoms with E-state index in [9.17, 15) is 4.79 Å². The molecule has 0 bridgehead atoms. The zero-order valence-corrected chi connectivity index (χ0v) is 20.6. The lowest BCUT2D eigenvalue weighted by Gasteiger charge is -2.28. The van der Waals surface area contributed by atoms with Crippen molar-refractivity contribution in [1.29, 1.82) is 0 Å².